The van der Waals surface area contributed by atoms with E-state index < -0.39 is 10.0 Å². The summed E-state index contributed by atoms with van der Waals surface area (Å²) in [5.74, 6) is -0.362. The molecule has 0 aliphatic rings. The Hall–Kier alpha value is -2.55. The number of aromatic nitrogens is 1. The number of carbonyl (C=O) groups is 1. The lowest BCUT2D eigenvalue weighted by Crippen LogP contribution is -2.30. The number of rotatable bonds is 7. The Bertz CT molecular complexity index is 1100. The summed E-state index contributed by atoms with van der Waals surface area (Å²) in [6.07, 6.45) is 0. The fourth-order valence-electron chi connectivity index (χ4n) is 2.93. The number of carbonyl (C=O) groups excluding carboxylic acids is 1. The van der Waals surface area contributed by atoms with Crippen LogP contribution in [0.15, 0.2) is 58.8 Å². The summed E-state index contributed by atoms with van der Waals surface area (Å²) in [7, 11) is -3.62. The number of hydrogen-bond donors (Lipinski definition) is 1. The highest BCUT2D eigenvalue weighted by Crippen LogP contribution is 2.23. The minimum absolute atomic E-state index is 0.114. The smallest absolute Gasteiger partial charge is 0.255 e. The van der Waals surface area contributed by atoms with Gasteiger partial charge in [0.2, 0.25) is 10.0 Å². The van der Waals surface area contributed by atoms with E-state index in [0.717, 1.165) is 16.3 Å². The molecule has 1 amide bonds. The maximum absolute atomic E-state index is 12.7. The number of hydrogen-bond acceptors (Lipinski definition) is 5. The zero-order chi connectivity index (χ0) is 21.0. The number of thiazole rings is 1. The molecule has 1 heterocycles. The standard InChI is InChI=1S/C21H23N3O3S2/c1-4-24(5-2)29(26,27)19-8-6-7-17(13-19)21(25)23-18-11-9-16(10-12-18)20-14-28-15(3)22-20/h6-14H,4-5H2,1-3H3,(H,23,25). The van der Waals surface area contributed by atoms with Gasteiger partial charge < -0.3 is 5.32 Å². The molecule has 29 heavy (non-hydrogen) atoms. The minimum atomic E-state index is -3.62. The van der Waals surface area contributed by atoms with Crippen LogP contribution in [-0.4, -0.2) is 36.7 Å². The van der Waals surface area contributed by atoms with E-state index in [2.05, 4.69) is 10.3 Å². The molecule has 0 unspecified atom stereocenters. The fraction of sp³-hybridized carbons (Fsp3) is 0.238. The number of aryl methyl sites for hydroxylation is 1. The third kappa shape index (κ3) is 4.72. The molecular formula is C21H23N3O3S2. The van der Waals surface area contributed by atoms with Crippen molar-refractivity contribution in [3.05, 3.63) is 64.5 Å². The van der Waals surface area contributed by atoms with E-state index in [1.807, 2.05) is 24.4 Å². The first-order valence-corrected chi connectivity index (χ1v) is 11.6. The van der Waals surface area contributed by atoms with Gasteiger partial charge in [-0.25, -0.2) is 13.4 Å². The first-order valence-electron chi connectivity index (χ1n) is 9.29. The summed E-state index contributed by atoms with van der Waals surface area (Å²) in [6, 6.07) is 13.5. The van der Waals surface area contributed by atoms with Crippen LogP contribution in [0.3, 0.4) is 0 Å². The van der Waals surface area contributed by atoms with Crippen LogP contribution in [0, 0.1) is 6.92 Å². The van der Waals surface area contributed by atoms with Crippen molar-refractivity contribution < 1.29 is 13.2 Å². The molecule has 0 aliphatic heterocycles. The summed E-state index contributed by atoms with van der Waals surface area (Å²) in [5.41, 5.74) is 2.79. The SMILES string of the molecule is CCN(CC)S(=O)(=O)c1cccc(C(=O)Nc2ccc(-c3csc(C)n3)cc2)c1. The van der Waals surface area contributed by atoms with E-state index in [9.17, 15) is 13.2 Å². The number of benzene rings is 2. The molecule has 0 fully saturated rings. The van der Waals surface area contributed by atoms with E-state index in [4.69, 9.17) is 0 Å². The molecule has 6 nitrogen and oxygen atoms in total. The maximum atomic E-state index is 12.7. The second-order valence-electron chi connectivity index (χ2n) is 6.40. The highest BCUT2D eigenvalue weighted by molar-refractivity contribution is 7.89. The number of nitrogens with one attached hydrogen (secondary N) is 1. The Balaban J connectivity index is 1.77. The Morgan fingerprint density at radius 1 is 1.10 bits per heavy atom. The average molecular weight is 430 g/mol. The first kappa shape index (κ1) is 21.2. The molecule has 0 aliphatic carbocycles. The summed E-state index contributed by atoms with van der Waals surface area (Å²) in [6.45, 7) is 6.28. The molecule has 1 N–H and O–H groups in total. The predicted molar refractivity (Wildman–Crippen MR) is 117 cm³/mol. The van der Waals surface area contributed by atoms with Gasteiger partial charge in [0.05, 0.1) is 15.6 Å². The van der Waals surface area contributed by atoms with Crippen LogP contribution in [-0.2, 0) is 10.0 Å². The zero-order valence-corrected chi connectivity index (χ0v) is 18.2. The molecule has 0 saturated carbocycles. The van der Waals surface area contributed by atoms with Crippen molar-refractivity contribution in [3.63, 3.8) is 0 Å². The largest absolute Gasteiger partial charge is 0.322 e. The number of anilines is 1. The second-order valence-corrected chi connectivity index (χ2v) is 9.40. The van der Waals surface area contributed by atoms with E-state index in [1.165, 1.54) is 16.4 Å². The molecule has 0 saturated heterocycles. The van der Waals surface area contributed by atoms with Crippen molar-refractivity contribution in [2.45, 2.75) is 25.7 Å². The van der Waals surface area contributed by atoms with Gasteiger partial charge in [-0.3, -0.25) is 4.79 Å². The molecule has 3 aromatic rings. The molecule has 0 radical (unpaired) electrons. The summed E-state index contributed by atoms with van der Waals surface area (Å²) >= 11 is 1.59. The highest BCUT2D eigenvalue weighted by atomic mass is 32.2. The van der Waals surface area contributed by atoms with Crippen LogP contribution in [0.4, 0.5) is 5.69 Å². The van der Waals surface area contributed by atoms with Crippen molar-refractivity contribution in [2.75, 3.05) is 18.4 Å². The van der Waals surface area contributed by atoms with Crippen LogP contribution in [0.1, 0.15) is 29.2 Å². The molecule has 1 aromatic heterocycles. The van der Waals surface area contributed by atoms with Gasteiger partial charge in [0, 0.05) is 35.3 Å². The van der Waals surface area contributed by atoms with Crippen LogP contribution in [0.2, 0.25) is 0 Å². The van der Waals surface area contributed by atoms with Crippen LogP contribution in [0.5, 0.6) is 0 Å². The zero-order valence-electron chi connectivity index (χ0n) is 16.5. The number of amides is 1. The van der Waals surface area contributed by atoms with Crippen LogP contribution in [0.25, 0.3) is 11.3 Å². The molecule has 0 atom stereocenters. The summed E-state index contributed by atoms with van der Waals surface area (Å²) in [4.78, 5) is 17.2. The quantitative estimate of drug-likeness (QED) is 0.604. The second kappa shape index (κ2) is 8.86. The van der Waals surface area contributed by atoms with Gasteiger partial charge in [0.25, 0.3) is 5.91 Å². The van der Waals surface area contributed by atoms with Crippen LogP contribution >= 0.6 is 11.3 Å². The topological polar surface area (TPSA) is 79.4 Å². The molecule has 0 bridgehead atoms. The van der Waals surface area contributed by atoms with E-state index in [-0.39, 0.29) is 16.4 Å². The predicted octanol–water partition coefficient (Wildman–Crippen LogP) is 4.40. The minimum Gasteiger partial charge on any atom is -0.322 e. The third-order valence-corrected chi connectivity index (χ3v) is 7.32. The normalized spacial score (nSPS) is 11.6. The fourth-order valence-corrected chi connectivity index (χ4v) is 5.06. The number of sulfonamides is 1. The molecule has 0 spiro atoms. The van der Waals surface area contributed by atoms with Gasteiger partial charge in [-0.2, -0.15) is 4.31 Å². The van der Waals surface area contributed by atoms with Gasteiger partial charge in [-0.15, -0.1) is 11.3 Å². The van der Waals surface area contributed by atoms with E-state index >= 15 is 0 Å². The van der Waals surface area contributed by atoms with Crippen molar-refractivity contribution in [1.82, 2.24) is 9.29 Å². The lowest BCUT2D eigenvalue weighted by Gasteiger charge is -2.18. The van der Waals surface area contributed by atoms with Crippen molar-refractivity contribution in [1.29, 1.82) is 0 Å². The summed E-state index contributed by atoms with van der Waals surface area (Å²) < 4.78 is 26.7. The maximum Gasteiger partial charge on any atom is 0.255 e. The van der Waals surface area contributed by atoms with Gasteiger partial charge in [-0.05, 0) is 37.3 Å². The third-order valence-electron chi connectivity index (χ3n) is 4.50. The first-order chi connectivity index (χ1) is 13.8. The molecular weight excluding hydrogens is 406 g/mol. The Kier molecular flexibility index (Phi) is 6.46. The van der Waals surface area contributed by atoms with E-state index in [1.54, 1.807) is 49.4 Å². The molecule has 8 heteroatoms. The van der Waals surface area contributed by atoms with E-state index in [0.29, 0.717) is 18.8 Å². The molecule has 152 valence electrons. The van der Waals surface area contributed by atoms with Crippen molar-refractivity contribution in [3.8, 4) is 11.3 Å². The molecule has 2 aromatic carbocycles. The molecule has 3 rings (SSSR count). The lowest BCUT2D eigenvalue weighted by molar-refractivity contribution is 0.102. The highest BCUT2D eigenvalue weighted by Gasteiger charge is 2.22. The van der Waals surface area contributed by atoms with Gasteiger partial charge in [0.15, 0.2) is 0 Å². The Morgan fingerprint density at radius 2 is 1.79 bits per heavy atom. The van der Waals surface area contributed by atoms with Gasteiger partial charge in [0.1, 0.15) is 0 Å². The van der Waals surface area contributed by atoms with Gasteiger partial charge in [-0.1, -0.05) is 32.0 Å². The number of nitrogens with zero attached hydrogens (tertiary/aromatic N) is 2. The average Bonchev–Trinajstić information content (AvgIpc) is 3.15. The van der Waals surface area contributed by atoms with Crippen molar-refractivity contribution in [2.24, 2.45) is 0 Å². The van der Waals surface area contributed by atoms with Crippen molar-refractivity contribution >= 4 is 33.0 Å². The Morgan fingerprint density at radius 3 is 2.38 bits per heavy atom. The lowest BCUT2D eigenvalue weighted by atomic mass is 10.1. The van der Waals surface area contributed by atoms with Gasteiger partial charge >= 0.3 is 0 Å². The monoisotopic (exact) mass is 429 g/mol. The summed E-state index contributed by atoms with van der Waals surface area (Å²) in [5, 5.41) is 5.80. The Labute approximate surface area is 175 Å². The van der Waals surface area contributed by atoms with Crippen LogP contribution < -0.4 is 5.32 Å².